The summed E-state index contributed by atoms with van der Waals surface area (Å²) in [7, 11) is -2.65. The summed E-state index contributed by atoms with van der Waals surface area (Å²) in [5, 5.41) is 0. The molecule has 1 aromatic rings. The Bertz CT molecular complexity index is 1080. The summed E-state index contributed by atoms with van der Waals surface area (Å²) in [6.07, 6.45) is 4.93. The van der Waals surface area contributed by atoms with Crippen LogP contribution in [0.4, 0.5) is 0 Å². The summed E-state index contributed by atoms with van der Waals surface area (Å²) in [5.41, 5.74) is 0.510. The highest BCUT2D eigenvalue weighted by Gasteiger charge is 2.35. The van der Waals surface area contributed by atoms with Crippen LogP contribution in [0.1, 0.15) is 24.8 Å². The fraction of sp³-hybridized carbons (Fsp3) is 0.571. The van der Waals surface area contributed by atoms with Crippen LogP contribution >= 0.6 is 0 Å². The number of benzene rings is 1. The molecule has 2 atom stereocenters. The van der Waals surface area contributed by atoms with Crippen molar-refractivity contribution in [3.05, 3.63) is 29.8 Å². The molecule has 2 saturated heterocycles. The SMILES string of the molecule is COc1ccc(/C=C/C(=O)N(CC2CCCO2)C2CCS(=O)(=O)C2)cc1S(=O)(=O)N(C)C. The van der Waals surface area contributed by atoms with Gasteiger partial charge in [-0.15, -0.1) is 0 Å². The molecule has 178 valence electrons. The zero-order chi connectivity index (χ0) is 23.5. The van der Waals surface area contributed by atoms with Crippen LogP contribution in [0.5, 0.6) is 5.75 Å². The maximum absolute atomic E-state index is 13.1. The number of hydrogen-bond donors (Lipinski definition) is 0. The summed E-state index contributed by atoms with van der Waals surface area (Å²) in [5.74, 6) is -0.0951. The number of ether oxygens (including phenoxy) is 2. The van der Waals surface area contributed by atoms with E-state index in [2.05, 4.69) is 0 Å². The smallest absolute Gasteiger partial charge is 0.246 e. The third-order valence-corrected chi connectivity index (χ3v) is 9.31. The van der Waals surface area contributed by atoms with Crippen molar-refractivity contribution in [1.29, 1.82) is 0 Å². The molecule has 9 nitrogen and oxygen atoms in total. The summed E-state index contributed by atoms with van der Waals surface area (Å²) in [6, 6.07) is 4.25. The minimum absolute atomic E-state index is 0.00213. The number of carbonyl (C=O) groups excluding carboxylic acids is 1. The van der Waals surface area contributed by atoms with Crippen LogP contribution in [-0.2, 0) is 29.4 Å². The minimum atomic E-state index is -3.74. The van der Waals surface area contributed by atoms with E-state index in [1.54, 1.807) is 11.0 Å². The zero-order valence-corrected chi connectivity index (χ0v) is 20.2. The molecule has 0 saturated carbocycles. The second-order valence-electron chi connectivity index (χ2n) is 8.21. The number of rotatable bonds is 8. The Morgan fingerprint density at radius 1 is 1.28 bits per heavy atom. The number of sulfonamides is 1. The lowest BCUT2D eigenvalue weighted by Gasteiger charge is -2.29. The largest absolute Gasteiger partial charge is 0.495 e. The number of nitrogens with zero attached hydrogens (tertiary/aromatic N) is 2. The summed E-state index contributed by atoms with van der Waals surface area (Å²) in [6.45, 7) is 0.979. The number of carbonyl (C=O) groups is 1. The topological polar surface area (TPSA) is 110 Å². The van der Waals surface area contributed by atoms with Gasteiger partial charge in [-0.3, -0.25) is 4.79 Å². The minimum Gasteiger partial charge on any atom is -0.495 e. The standard InChI is InChI=1S/C21H30N2O7S2/c1-22(2)32(27,28)20-13-16(6-8-19(20)29-3)7-9-21(24)23(14-18-5-4-11-30-18)17-10-12-31(25,26)15-17/h6-9,13,17-18H,4-5,10-12,14-15H2,1-3H3/b9-7+. The van der Waals surface area contributed by atoms with Gasteiger partial charge in [0.25, 0.3) is 0 Å². The van der Waals surface area contributed by atoms with E-state index in [-0.39, 0.29) is 40.2 Å². The molecule has 2 unspecified atom stereocenters. The third-order valence-electron chi connectivity index (χ3n) is 5.72. The average Bonchev–Trinajstić information content (AvgIpc) is 3.38. The van der Waals surface area contributed by atoms with Crippen molar-refractivity contribution < 1.29 is 31.1 Å². The van der Waals surface area contributed by atoms with Gasteiger partial charge in [0.2, 0.25) is 15.9 Å². The van der Waals surface area contributed by atoms with Crippen LogP contribution in [0.15, 0.2) is 29.2 Å². The van der Waals surface area contributed by atoms with Crippen LogP contribution in [0.2, 0.25) is 0 Å². The monoisotopic (exact) mass is 486 g/mol. The highest BCUT2D eigenvalue weighted by Crippen LogP contribution is 2.28. The molecule has 0 aromatic heterocycles. The molecule has 32 heavy (non-hydrogen) atoms. The first-order valence-electron chi connectivity index (χ1n) is 10.4. The Balaban J connectivity index is 1.84. The van der Waals surface area contributed by atoms with Crippen molar-refractivity contribution in [3.63, 3.8) is 0 Å². The summed E-state index contributed by atoms with van der Waals surface area (Å²) < 4.78 is 61.1. The molecule has 1 aromatic carbocycles. The lowest BCUT2D eigenvalue weighted by Crippen LogP contribution is -2.44. The molecule has 11 heteroatoms. The Kier molecular flexibility index (Phi) is 7.64. The molecule has 0 bridgehead atoms. The third kappa shape index (κ3) is 5.69. The average molecular weight is 487 g/mol. The Labute approximate surface area is 189 Å². The second kappa shape index (κ2) is 9.90. The van der Waals surface area contributed by atoms with Gasteiger partial charge in [-0.05, 0) is 43.0 Å². The molecule has 0 spiro atoms. The fourth-order valence-corrected chi connectivity index (χ4v) is 6.72. The van der Waals surface area contributed by atoms with E-state index < -0.39 is 19.9 Å². The lowest BCUT2D eigenvalue weighted by molar-refractivity contribution is -0.129. The van der Waals surface area contributed by atoms with Gasteiger partial charge in [-0.1, -0.05) is 6.07 Å². The number of hydrogen-bond acceptors (Lipinski definition) is 7. The first-order valence-corrected chi connectivity index (χ1v) is 13.7. The van der Waals surface area contributed by atoms with Gasteiger partial charge in [0.05, 0.1) is 24.7 Å². The van der Waals surface area contributed by atoms with E-state index in [1.807, 2.05) is 0 Å². The van der Waals surface area contributed by atoms with Gasteiger partial charge in [0.1, 0.15) is 10.6 Å². The molecule has 0 aliphatic carbocycles. The van der Waals surface area contributed by atoms with Gasteiger partial charge in [-0.2, -0.15) is 0 Å². The quantitative estimate of drug-likeness (QED) is 0.507. The van der Waals surface area contributed by atoms with E-state index in [1.165, 1.54) is 45.5 Å². The van der Waals surface area contributed by atoms with Gasteiger partial charge >= 0.3 is 0 Å². The van der Waals surface area contributed by atoms with E-state index in [0.29, 0.717) is 25.1 Å². The van der Waals surface area contributed by atoms with E-state index in [0.717, 1.165) is 17.1 Å². The number of sulfone groups is 1. The first kappa shape index (κ1) is 24.7. The molecule has 2 heterocycles. The van der Waals surface area contributed by atoms with E-state index in [4.69, 9.17) is 9.47 Å². The molecule has 2 fully saturated rings. The van der Waals surface area contributed by atoms with Gasteiger partial charge in [0, 0.05) is 39.4 Å². The molecule has 2 aliphatic rings. The molecule has 2 aliphatic heterocycles. The Hall–Kier alpha value is -1.95. The Morgan fingerprint density at radius 3 is 2.59 bits per heavy atom. The van der Waals surface area contributed by atoms with Crippen LogP contribution in [0, 0.1) is 0 Å². The van der Waals surface area contributed by atoms with Crippen molar-refractivity contribution in [2.24, 2.45) is 0 Å². The Morgan fingerprint density at radius 2 is 2.03 bits per heavy atom. The predicted octanol–water partition coefficient (Wildman–Crippen LogP) is 1.15. The van der Waals surface area contributed by atoms with E-state index >= 15 is 0 Å². The van der Waals surface area contributed by atoms with Crippen LogP contribution in [0.25, 0.3) is 6.08 Å². The van der Waals surface area contributed by atoms with Crippen molar-refractivity contribution in [1.82, 2.24) is 9.21 Å². The second-order valence-corrected chi connectivity index (χ2v) is 12.6. The fourth-order valence-electron chi connectivity index (χ4n) is 3.91. The lowest BCUT2D eigenvalue weighted by atomic mass is 10.1. The van der Waals surface area contributed by atoms with Gasteiger partial charge in [0.15, 0.2) is 9.84 Å². The van der Waals surface area contributed by atoms with Crippen molar-refractivity contribution in [3.8, 4) is 5.75 Å². The highest BCUT2D eigenvalue weighted by molar-refractivity contribution is 7.91. The molecule has 0 radical (unpaired) electrons. The molecule has 0 N–H and O–H groups in total. The molecular formula is C21H30N2O7S2. The maximum atomic E-state index is 13.1. The van der Waals surface area contributed by atoms with Crippen LogP contribution in [-0.4, -0.2) is 90.0 Å². The number of amides is 1. The van der Waals surface area contributed by atoms with Crippen LogP contribution in [0.3, 0.4) is 0 Å². The summed E-state index contributed by atoms with van der Waals surface area (Å²) in [4.78, 5) is 14.6. The van der Waals surface area contributed by atoms with Crippen molar-refractivity contribution >= 4 is 31.8 Å². The molecule has 1 amide bonds. The van der Waals surface area contributed by atoms with Crippen LogP contribution < -0.4 is 4.74 Å². The van der Waals surface area contributed by atoms with Gasteiger partial charge < -0.3 is 14.4 Å². The van der Waals surface area contributed by atoms with Crippen molar-refractivity contribution in [2.75, 3.05) is 45.9 Å². The normalized spacial score (nSPS) is 23.1. The van der Waals surface area contributed by atoms with E-state index in [9.17, 15) is 21.6 Å². The maximum Gasteiger partial charge on any atom is 0.246 e. The number of methoxy groups -OCH3 is 1. The molecular weight excluding hydrogens is 456 g/mol. The predicted molar refractivity (Wildman–Crippen MR) is 121 cm³/mol. The van der Waals surface area contributed by atoms with Crippen molar-refractivity contribution in [2.45, 2.75) is 36.3 Å². The van der Waals surface area contributed by atoms with Gasteiger partial charge in [-0.25, -0.2) is 21.1 Å². The first-order chi connectivity index (χ1) is 15.0. The molecule has 3 rings (SSSR count). The summed E-state index contributed by atoms with van der Waals surface area (Å²) >= 11 is 0. The zero-order valence-electron chi connectivity index (χ0n) is 18.6. The highest BCUT2D eigenvalue weighted by atomic mass is 32.2.